The molecule has 0 aromatic carbocycles. The Morgan fingerprint density at radius 3 is 2.75 bits per heavy atom. The summed E-state index contributed by atoms with van der Waals surface area (Å²) in [6, 6.07) is 0. The van der Waals surface area contributed by atoms with Gasteiger partial charge in [0.05, 0.1) is 6.61 Å². The standard InChI is InChI=1S/C9H12O7/c1-4(11)3-15-8-6(13)7(5(12)2-10)16-9(8)14/h5,7,10,12-13H,2-3H2,1H3. The molecule has 0 radical (unpaired) electrons. The van der Waals surface area contributed by atoms with Crippen LogP contribution < -0.4 is 0 Å². The first-order valence-electron chi connectivity index (χ1n) is 4.52. The second-order valence-electron chi connectivity index (χ2n) is 3.28. The number of carbonyl (C=O) groups excluding carboxylic acids is 2. The van der Waals surface area contributed by atoms with E-state index in [4.69, 9.17) is 9.84 Å². The Morgan fingerprint density at radius 2 is 2.25 bits per heavy atom. The van der Waals surface area contributed by atoms with Crippen molar-refractivity contribution in [3.63, 3.8) is 0 Å². The molecule has 0 amide bonds. The lowest BCUT2D eigenvalue weighted by atomic mass is 10.2. The highest BCUT2D eigenvalue weighted by Gasteiger charge is 2.40. The summed E-state index contributed by atoms with van der Waals surface area (Å²) in [7, 11) is 0. The first kappa shape index (κ1) is 12.5. The molecule has 90 valence electrons. The quantitative estimate of drug-likeness (QED) is 0.501. The molecule has 0 aromatic heterocycles. The van der Waals surface area contributed by atoms with Gasteiger partial charge in [0.2, 0.25) is 5.76 Å². The molecule has 7 nitrogen and oxygen atoms in total. The van der Waals surface area contributed by atoms with Gasteiger partial charge in [-0.25, -0.2) is 4.79 Å². The summed E-state index contributed by atoms with van der Waals surface area (Å²) in [4.78, 5) is 21.8. The molecule has 0 aromatic rings. The monoisotopic (exact) mass is 232 g/mol. The van der Waals surface area contributed by atoms with E-state index in [9.17, 15) is 19.8 Å². The van der Waals surface area contributed by atoms with Gasteiger partial charge >= 0.3 is 5.97 Å². The van der Waals surface area contributed by atoms with E-state index in [-0.39, 0.29) is 12.4 Å². The normalized spacial score (nSPS) is 21.9. The van der Waals surface area contributed by atoms with Crippen LogP contribution in [0.3, 0.4) is 0 Å². The number of hydrogen-bond donors (Lipinski definition) is 3. The molecule has 0 saturated heterocycles. The van der Waals surface area contributed by atoms with Crippen molar-refractivity contribution in [2.45, 2.75) is 19.1 Å². The van der Waals surface area contributed by atoms with E-state index in [0.717, 1.165) is 0 Å². The third-order valence-electron chi connectivity index (χ3n) is 1.88. The first-order valence-corrected chi connectivity index (χ1v) is 4.52. The van der Waals surface area contributed by atoms with Crippen LogP contribution in [0, 0.1) is 0 Å². The number of carbonyl (C=O) groups is 2. The molecule has 1 aliphatic heterocycles. The second kappa shape index (κ2) is 4.95. The van der Waals surface area contributed by atoms with Gasteiger partial charge in [0.15, 0.2) is 17.6 Å². The molecule has 1 heterocycles. The molecule has 0 spiro atoms. The third-order valence-corrected chi connectivity index (χ3v) is 1.88. The van der Waals surface area contributed by atoms with Crippen LogP contribution >= 0.6 is 0 Å². The number of Topliss-reactive ketones (excluding diaryl/α,β-unsaturated/α-hetero) is 1. The average Bonchev–Trinajstić information content (AvgIpc) is 2.51. The number of ether oxygens (including phenoxy) is 2. The molecule has 0 aliphatic carbocycles. The summed E-state index contributed by atoms with van der Waals surface area (Å²) in [6.45, 7) is 0.191. The van der Waals surface area contributed by atoms with E-state index < -0.39 is 36.3 Å². The lowest BCUT2D eigenvalue weighted by molar-refractivity contribution is -0.148. The Balaban J connectivity index is 2.76. The molecule has 2 unspecified atom stereocenters. The minimum absolute atomic E-state index is 0.334. The molecule has 7 heteroatoms. The van der Waals surface area contributed by atoms with Crippen LogP contribution in [0.5, 0.6) is 0 Å². The van der Waals surface area contributed by atoms with E-state index in [0.29, 0.717) is 0 Å². The predicted molar refractivity (Wildman–Crippen MR) is 49.3 cm³/mol. The molecule has 2 atom stereocenters. The fourth-order valence-corrected chi connectivity index (χ4v) is 1.12. The van der Waals surface area contributed by atoms with Gasteiger partial charge in [-0.05, 0) is 6.92 Å². The van der Waals surface area contributed by atoms with Gasteiger partial charge in [0.25, 0.3) is 0 Å². The zero-order valence-corrected chi connectivity index (χ0v) is 8.54. The molecule has 0 bridgehead atoms. The number of hydrogen-bond acceptors (Lipinski definition) is 7. The fraction of sp³-hybridized carbons (Fsp3) is 0.556. The number of ketones is 1. The van der Waals surface area contributed by atoms with Crippen LogP contribution in [0.25, 0.3) is 0 Å². The summed E-state index contributed by atoms with van der Waals surface area (Å²) in [5, 5.41) is 27.3. The topological polar surface area (TPSA) is 113 Å². The van der Waals surface area contributed by atoms with Gasteiger partial charge in [0.1, 0.15) is 12.7 Å². The van der Waals surface area contributed by atoms with Crippen molar-refractivity contribution in [3.05, 3.63) is 11.5 Å². The number of cyclic esters (lactones) is 1. The third kappa shape index (κ3) is 2.50. The maximum absolute atomic E-state index is 11.2. The summed E-state index contributed by atoms with van der Waals surface area (Å²) >= 11 is 0. The van der Waals surface area contributed by atoms with Crippen LogP contribution in [-0.4, -0.2) is 52.5 Å². The van der Waals surface area contributed by atoms with Gasteiger partial charge < -0.3 is 24.8 Å². The highest BCUT2D eigenvalue weighted by Crippen LogP contribution is 2.23. The predicted octanol–water partition coefficient (Wildman–Crippen LogP) is -1.36. The molecule has 1 rings (SSSR count). The summed E-state index contributed by atoms with van der Waals surface area (Å²) < 4.78 is 9.29. The Labute approximate surface area is 90.9 Å². The van der Waals surface area contributed by atoms with E-state index in [1.165, 1.54) is 6.92 Å². The van der Waals surface area contributed by atoms with E-state index in [2.05, 4.69) is 4.74 Å². The van der Waals surface area contributed by atoms with Gasteiger partial charge in [-0.2, -0.15) is 0 Å². The largest absolute Gasteiger partial charge is 0.505 e. The van der Waals surface area contributed by atoms with E-state index in [1.54, 1.807) is 0 Å². The van der Waals surface area contributed by atoms with Crippen LogP contribution in [0.1, 0.15) is 6.92 Å². The summed E-state index contributed by atoms with van der Waals surface area (Å²) in [5.74, 6) is -2.43. The zero-order chi connectivity index (χ0) is 12.3. The van der Waals surface area contributed by atoms with Crippen molar-refractivity contribution in [2.24, 2.45) is 0 Å². The van der Waals surface area contributed by atoms with Crippen molar-refractivity contribution in [2.75, 3.05) is 13.2 Å². The minimum atomic E-state index is -1.43. The highest BCUT2D eigenvalue weighted by atomic mass is 16.6. The molecule has 0 fully saturated rings. The lowest BCUT2D eigenvalue weighted by Crippen LogP contribution is -2.31. The lowest BCUT2D eigenvalue weighted by Gasteiger charge is -2.13. The smallest absolute Gasteiger partial charge is 0.378 e. The number of esters is 1. The van der Waals surface area contributed by atoms with Crippen LogP contribution in [0.15, 0.2) is 11.5 Å². The van der Waals surface area contributed by atoms with E-state index in [1.807, 2.05) is 0 Å². The van der Waals surface area contributed by atoms with Crippen molar-refractivity contribution < 1.29 is 34.4 Å². The molecular weight excluding hydrogens is 220 g/mol. The van der Waals surface area contributed by atoms with Crippen molar-refractivity contribution in [3.8, 4) is 0 Å². The van der Waals surface area contributed by atoms with Crippen LogP contribution in [0.4, 0.5) is 0 Å². The SMILES string of the molecule is CC(=O)COC1=C(O)C(C(O)CO)OC1=O. The maximum atomic E-state index is 11.2. The Morgan fingerprint density at radius 1 is 1.62 bits per heavy atom. The Kier molecular flexibility index (Phi) is 3.86. The second-order valence-corrected chi connectivity index (χ2v) is 3.28. The summed E-state index contributed by atoms with van der Waals surface area (Å²) in [6.07, 6.45) is -2.78. The number of rotatable bonds is 5. The van der Waals surface area contributed by atoms with Crippen LogP contribution in [0.2, 0.25) is 0 Å². The van der Waals surface area contributed by atoms with Gasteiger partial charge in [-0.15, -0.1) is 0 Å². The molecule has 3 N–H and O–H groups in total. The maximum Gasteiger partial charge on any atom is 0.378 e. The van der Waals surface area contributed by atoms with Crippen LogP contribution in [-0.2, 0) is 19.1 Å². The average molecular weight is 232 g/mol. The number of aliphatic hydroxyl groups is 3. The van der Waals surface area contributed by atoms with Gasteiger partial charge in [-0.3, -0.25) is 4.79 Å². The molecule has 0 saturated carbocycles. The Hall–Kier alpha value is -1.60. The highest BCUT2D eigenvalue weighted by molar-refractivity contribution is 5.90. The minimum Gasteiger partial charge on any atom is -0.505 e. The van der Waals surface area contributed by atoms with Crippen molar-refractivity contribution in [1.82, 2.24) is 0 Å². The zero-order valence-electron chi connectivity index (χ0n) is 8.54. The fourth-order valence-electron chi connectivity index (χ4n) is 1.12. The number of aliphatic hydroxyl groups excluding tert-OH is 3. The first-order chi connectivity index (χ1) is 7.47. The van der Waals surface area contributed by atoms with E-state index >= 15 is 0 Å². The molecular formula is C9H12O7. The van der Waals surface area contributed by atoms with Gasteiger partial charge in [0, 0.05) is 0 Å². The molecule has 16 heavy (non-hydrogen) atoms. The van der Waals surface area contributed by atoms with Crippen molar-refractivity contribution in [1.29, 1.82) is 0 Å². The van der Waals surface area contributed by atoms with Crippen molar-refractivity contribution >= 4 is 11.8 Å². The Bertz CT molecular complexity index is 333. The van der Waals surface area contributed by atoms with Gasteiger partial charge in [-0.1, -0.05) is 0 Å². The molecule has 1 aliphatic rings. The summed E-state index contributed by atoms with van der Waals surface area (Å²) in [5.41, 5.74) is 0.